The molecular formula is C20H21NO3. The Morgan fingerprint density at radius 2 is 1.62 bits per heavy atom. The minimum Gasteiger partial charge on any atom is -0.497 e. The van der Waals surface area contributed by atoms with Crippen molar-refractivity contribution in [1.29, 1.82) is 0 Å². The summed E-state index contributed by atoms with van der Waals surface area (Å²) < 4.78 is 16.6. The summed E-state index contributed by atoms with van der Waals surface area (Å²) in [5.74, 6) is 2.51. The van der Waals surface area contributed by atoms with E-state index in [2.05, 4.69) is 4.98 Å². The van der Waals surface area contributed by atoms with Gasteiger partial charge >= 0.3 is 0 Å². The Balaban J connectivity index is 1.92. The van der Waals surface area contributed by atoms with Crippen molar-refractivity contribution in [1.82, 2.24) is 4.98 Å². The van der Waals surface area contributed by atoms with Crippen LogP contribution in [0.2, 0.25) is 0 Å². The van der Waals surface area contributed by atoms with Crippen LogP contribution in [0.15, 0.2) is 42.5 Å². The molecule has 0 atom stereocenters. The molecule has 0 aliphatic rings. The average Bonchev–Trinajstić information content (AvgIpc) is 2.61. The maximum atomic E-state index is 6.07. The van der Waals surface area contributed by atoms with E-state index < -0.39 is 0 Å². The third-order valence-electron chi connectivity index (χ3n) is 4.05. The predicted molar refractivity (Wildman–Crippen MR) is 95.1 cm³/mol. The van der Waals surface area contributed by atoms with Crippen LogP contribution in [0.4, 0.5) is 0 Å². The van der Waals surface area contributed by atoms with E-state index in [1.165, 1.54) is 0 Å². The molecule has 0 aliphatic heterocycles. The van der Waals surface area contributed by atoms with E-state index in [1.54, 1.807) is 14.2 Å². The molecule has 0 N–H and O–H groups in total. The van der Waals surface area contributed by atoms with Gasteiger partial charge in [0.1, 0.15) is 23.9 Å². The minimum absolute atomic E-state index is 0.494. The van der Waals surface area contributed by atoms with Crippen molar-refractivity contribution in [3.8, 4) is 17.2 Å². The minimum atomic E-state index is 0.494. The molecule has 0 saturated heterocycles. The van der Waals surface area contributed by atoms with Crippen LogP contribution in [0.3, 0.4) is 0 Å². The van der Waals surface area contributed by atoms with Gasteiger partial charge in [-0.1, -0.05) is 12.1 Å². The van der Waals surface area contributed by atoms with Crippen LogP contribution >= 0.6 is 0 Å². The summed E-state index contributed by atoms with van der Waals surface area (Å²) in [5.41, 5.74) is 3.94. The molecule has 0 unspecified atom stereocenters. The fourth-order valence-electron chi connectivity index (χ4n) is 2.72. The molecule has 124 valence electrons. The van der Waals surface area contributed by atoms with E-state index in [-0.39, 0.29) is 0 Å². The molecule has 1 heterocycles. The number of hydrogen-bond acceptors (Lipinski definition) is 4. The van der Waals surface area contributed by atoms with E-state index in [0.29, 0.717) is 6.61 Å². The van der Waals surface area contributed by atoms with E-state index in [4.69, 9.17) is 14.2 Å². The fraction of sp³-hybridized carbons (Fsp3) is 0.250. The summed E-state index contributed by atoms with van der Waals surface area (Å²) in [6.45, 7) is 4.48. The highest BCUT2D eigenvalue weighted by atomic mass is 16.5. The first kappa shape index (κ1) is 16.1. The van der Waals surface area contributed by atoms with E-state index in [9.17, 15) is 0 Å². The quantitative estimate of drug-likeness (QED) is 0.695. The molecule has 2 aromatic carbocycles. The van der Waals surface area contributed by atoms with Crippen LogP contribution in [0, 0.1) is 13.8 Å². The van der Waals surface area contributed by atoms with Crippen LogP contribution in [-0.4, -0.2) is 19.2 Å². The van der Waals surface area contributed by atoms with Gasteiger partial charge in [-0.2, -0.15) is 0 Å². The molecule has 3 aromatic rings. The van der Waals surface area contributed by atoms with Gasteiger partial charge in [0.2, 0.25) is 0 Å². The highest BCUT2D eigenvalue weighted by Gasteiger charge is 2.11. The number of aromatic nitrogens is 1. The largest absolute Gasteiger partial charge is 0.497 e. The molecule has 0 amide bonds. The molecule has 0 aliphatic carbocycles. The first-order valence-corrected chi connectivity index (χ1v) is 7.83. The number of methoxy groups -OCH3 is 2. The number of benzene rings is 2. The molecule has 0 radical (unpaired) electrons. The zero-order valence-corrected chi connectivity index (χ0v) is 14.4. The third-order valence-corrected chi connectivity index (χ3v) is 4.05. The van der Waals surface area contributed by atoms with Crippen molar-refractivity contribution < 1.29 is 14.2 Å². The maximum Gasteiger partial charge on any atom is 0.131 e. The summed E-state index contributed by atoms with van der Waals surface area (Å²) in [6.07, 6.45) is 0. The highest BCUT2D eigenvalue weighted by Crippen LogP contribution is 2.32. The molecule has 4 heteroatoms. The second kappa shape index (κ2) is 6.79. The molecule has 0 spiro atoms. The van der Waals surface area contributed by atoms with Gasteiger partial charge in [0, 0.05) is 22.7 Å². The predicted octanol–water partition coefficient (Wildman–Crippen LogP) is 4.45. The van der Waals surface area contributed by atoms with Crippen LogP contribution in [0.25, 0.3) is 10.9 Å². The van der Waals surface area contributed by atoms with Gasteiger partial charge in [-0.3, -0.25) is 4.98 Å². The number of pyridine rings is 1. The van der Waals surface area contributed by atoms with Crippen LogP contribution in [0.5, 0.6) is 17.2 Å². The monoisotopic (exact) mass is 323 g/mol. The Morgan fingerprint density at radius 1 is 0.875 bits per heavy atom. The number of rotatable bonds is 5. The highest BCUT2D eigenvalue weighted by molar-refractivity contribution is 5.89. The fourth-order valence-corrected chi connectivity index (χ4v) is 2.72. The van der Waals surface area contributed by atoms with Gasteiger partial charge in [-0.25, -0.2) is 0 Å². The van der Waals surface area contributed by atoms with Crippen LogP contribution < -0.4 is 14.2 Å². The van der Waals surface area contributed by atoms with Crippen LogP contribution in [0.1, 0.15) is 16.8 Å². The molecule has 1 aromatic heterocycles. The third kappa shape index (κ3) is 3.13. The maximum absolute atomic E-state index is 6.07. The Kier molecular flexibility index (Phi) is 4.56. The van der Waals surface area contributed by atoms with Crippen molar-refractivity contribution in [2.24, 2.45) is 0 Å². The summed E-state index contributed by atoms with van der Waals surface area (Å²) in [7, 11) is 3.33. The van der Waals surface area contributed by atoms with Gasteiger partial charge in [0.15, 0.2) is 0 Å². The average molecular weight is 323 g/mol. The van der Waals surface area contributed by atoms with Gasteiger partial charge in [0.05, 0.1) is 19.7 Å². The van der Waals surface area contributed by atoms with Gasteiger partial charge < -0.3 is 14.2 Å². The van der Waals surface area contributed by atoms with Crippen molar-refractivity contribution in [2.75, 3.05) is 14.2 Å². The SMILES string of the molecule is COc1ccc(COc2cc(C)nc3c(C)c(OC)ccc23)cc1. The van der Waals surface area contributed by atoms with Crippen LogP contribution in [-0.2, 0) is 6.61 Å². The summed E-state index contributed by atoms with van der Waals surface area (Å²) in [4.78, 5) is 4.65. The van der Waals surface area contributed by atoms with Crippen molar-refractivity contribution in [3.05, 3.63) is 59.3 Å². The molecule has 3 rings (SSSR count). The molecular weight excluding hydrogens is 302 g/mol. The molecule has 0 bridgehead atoms. The lowest BCUT2D eigenvalue weighted by atomic mass is 10.1. The second-order valence-electron chi connectivity index (χ2n) is 5.69. The van der Waals surface area contributed by atoms with E-state index >= 15 is 0 Å². The smallest absolute Gasteiger partial charge is 0.131 e. The number of fused-ring (bicyclic) bond motifs is 1. The standard InChI is InChI=1S/C20H21NO3/c1-13-11-19(24-12-15-5-7-16(22-3)8-6-15)17-9-10-18(23-4)14(2)20(17)21-13/h5-11H,12H2,1-4H3. The Labute approximate surface area is 142 Å². The zero-order chi connectivity index (χ0) is 17.1. The Hall–Kier alpha value is -2.75. The van der Waals surface area contributed by atoms with Gasteiger partial charge in [-0.15, -0.1) is 0 Å². The topological polar surface area (TPSA) is 40.6 Å². The van der Waals surface area contributed by atoms with Gasteiger partial charge in [-0.05, 0) is 43.7 Å². The van der Waals surface area contributed by atoms with Gasteiger partial charge in [0.25, 0.3) is 0 Å². The molecule has 4 nitrogen and oxygen atoms in total. The first-order valence-electron chi connectivity index (χ1n) is 7.83. The van der Waals surface area contributed by atoms with Crippen molar-refractivity contribution in [2.45, 2.75) is 20.5 Å². The summed E-state index contributed by atoms with van der Waals surface area (Å²) >= 11 is 0. The zero-order valence-electron chi connectivity index (χ0n) is 14.4. The van der Waals surface area contributed by atoms with Crippen molar-refractivity contribution >= 4 is 10.9 Å². The normalized spacial score (nSPS) is 10.7. The number of aryl methyl sites for hydroxylation is 2. The summed E-state index contributed by atoms with van der Waals surface area (Å²) in [6, 6.07) is 13.8. The van der Waals surface area contributed by atoms with E-state index in [0.717, 1.165) is 45.0 Å². The Morgan fingerprint density at radius 3 is 2.29 bits per heavy atom. The first-order chi connectivity index (χ1) is 11.6. The number of hydrogen-bond donors (Lipinski definition) is 0. The van der Waals surface area contributed by atoms with Crippen molar-refractivity contribution in [3.63, 3.8) is 0 Å². The lowest BCUT2D eigenvalue weighted by Gasteiger charge is -2.13. The molecule has 0 fully saturated rings. The lowest BCUT2D eigenvalue weighted by Crippen LogP contribution is -1.99. The molecule has 24 heavy (non-hydrogen) atoms. The lowest BCUT2D eigenvalue weighted by molar-refractivity contribution is 0.309. The second-order valence-corrected chi connectivity index (χ2v) is 5.69. The Bertz CT molecular complexity index is 857. The molecule has 0 saturated carbocycles. The van der Waals surface area contributed by atoms with E-state index in [1.807, 2.05) is 56.3 Å². The number of nitrogens with zero attached hydrogens (tertiary/aromatic N) is 1. The number of ether oxygens (including phenoxy) is 3. The summed E-state index contributed by atoms with van der Waals surface area (Å²) in [5, 5.41) is 0.993.